The zero-order valence-electron chi connectivity index (χ0n) is 8.34. The second-order valence-electron chi connectivity index (χ2n) is 3.70. The molecule has 0 saturated heterocycles. The molecule has 1 aromatic rings. The number of benzene rings is 1. The fraction of sp³-hybridized carbons (Fsp3) is 0.455. The minimum atomic E-state index is -0.716. The molecule has 1 N–H and O–H groups in total. The zero-order valence-corrected chi connectivity index (χ0v) is 9.92. The first-order valence-electron chi connectivity index (χ1n) is 4.97. The van der Waals surface area contributed by atoms with E-state index in [4.69, 9.17) is 4.74 Å². The van der Waals surface area contributed by atoms with Crippen LogP contribution in [-0.4, -0.2) is 11.2 Å². The van der Waals surface area contributed by atoms with Gasteiger partial charge in [-0.15, -0.1) is 0 Å². The third-order valence-electron chi connectivity index (χ3n) is 2.55. The minimum absolute atomic E-state index is 0.247. The molecule has 4 heteroatoms. The SMILES string of the molecule is CCCC1Oc2c(Br)cc(F)cc2C1O. The number of aliphatic hydroxyl groups excluding tert-OH is 1. The number of rotatable bonds is 2. The largest absolute Gasteiger partial charge is 0.486 e. The number of hydrogen-bond acceptors (Lipinski definition) is 2. The Morgan fingerprint density at radius 2 is 2.27 bits per heavy atom. The van der Waals surface area contributed by atoms with Gasteiger partial charge in [-0.2, -0.15) is 0 Å². The van der Waals surface area contributed by atoms with Gasteiger partial charge in [-0.25, -0.2) is 4.39 Å². The lowest BCUT2D eigenvalue weighted by atomic mass is 10.0. The Morgan fingerprint density at radius 3 is 2.93 bits per heavy atom. The molecule has 1 aliphatic heterocycles. The van der Waals surface area contributed by atoms with Crippen LogP contribution in [0.1, 0.15) is 31.4 Å². The highest BCUT2D eigenvalue weighted by atomic mass is 79.9. The Hall–Kier alpha value is -0.610. The highest BCUT2D eigenvalue weighted by Gasteiger charge is 2.34. The van der Waals surface area contributed by atoms with Crippen LogP contribution in [-0.2, 0) is 0 Å². The van der Waals surface area contributed by atoms with Gasteiger partial charge in [-0.3, -0.25) is 0 Å². The lowest BCUT2D eigenvalue weighted by Gasteiger charge is -2.12. The van der Waals surface area contributed by atoms with Crippen molar-refractivity contribution in [3.8, 4) is 5.75 Å². The molecule has 0 bridgehead atoms. The first kappa shape index (κ1) is 10.9. The van der Waals surface area contributed by atoms with E-state index in [1.54, 1.807) is 0 Å². The summed E-state index contributed by atoms with van der Waals surface area (Å²) in [7, 11) is 0. The Balaban J connectivity index is 2.36. The normalized spacial score (nSPS) is 23.7. The molecular formula is C11H12BrFO2. The van der Waals surface area contributed by atoms with E-state index in [0.717, 1.165) is 12.8 Å². The Kier molecular flexibility index (Phi) is 2.98. The molecule has 2 unspecified atom stereocenters. The summed E-state index contributed by atoms with van der Waals surface area (Å²) in [6.45, 7) is 2.02. The topological polar surface area (TPSA) is 29.5 Å². The van der Waals surface area contributed by atoms with Crippen molar-refractivity contribution < 1.29 is 14.2 Å². The van der Waals surface area contributed by atoms with Crippen LogP contribution in [0, 0.1) is 5.82 Å². The Morgan fingerprint density at radius 1 is 1.53 bits per heavy atom. The van der Waals surface area contributed by atoms with E-state index in [0.29, 0.717) is 15.8 Å². The van der Waals surface area contributed by atoms with Gasteiger partial charge in [0.15, 0.2) is 0 Å². The first-order chi connectivity index (χ1) is 7.13. The molecule has 2 nitrogen and oxygen atoms in total. The predicted molar refractivity (Wildman–Crippen MR) is 58.4 cm³/mol. The average Bonchev–Trinajstić information content (AvgIpc) is 2.47. The first-order valence-corrected chi connectivity index (χ1v) is 5.76. The molecule has 1 aliphatic rings. The van der Waals surface area contributed by atoms with Gasteiger partial charge in [0.25, 0.3) is 0 Å². The van der Waals surface area contributed by atoms with Crippen molar-refractivity contribution >= 4 is 15.9 Å². The number of aliphatic hydroxyl groups is 1. The quantitative estimate of drug-likeness (QED) is 0.898. The van der Waals surface area contributed by atoms with E-state index in [9.17, 15) is 9.50 Å². The van der Waals surface area contributed by atoms with Crippen molar-refractivity contribution in [3.05, 3.63) is 28.0 Å². The molecule has 0 radical (unpaired) electrons. The van der Waals surface area contributed by atoms with Gasteiger partial charge in [-0.05, 0) is 34.5 Å². The molecule has 1 aromatic carbocycles. The Bertz CT molecular complexity index is 381. The second kappa shape index (κ2) is 4.10. The fourth-order valence-corrected chi connectivity index (χ4v) is 2.38. The molecule has 15 heavy (non-hydrogen) atoms. The van der Waals surface area contributed by atoms with E-state index < -0.39 is 6.10 Å². The van der Waals surface area contributed by atoms with Gasteiger partial charge in [0.05, 0.1) is 4.47 Å². The molecule has 0 aliphatic carbocycles. The van der Waals surface area contributed by atoms with Crippen LogP contribution in [0.4, 0.5) is 4.39 Å². The van der Waals surface area contributed by atoms with Gasteiger partial charge < -0.3 is 9.84 Å². The van der Waals surface area contributed by atoms with Crippen molar-refractivity contribution in [1.82, 2.24) is 0 Å². The third kappa shape index (κ3) is 1.88. The van der Waals surface area contributed by atoms with E-state index in [1.807, 2.05) is 6.92 Å². The van der Waals surface area contributed by atoms with Crippen molar-refractivity contribution in [3.63, 3.8) is 0 Å². The van der Waals surface area contributed by atoms with Crippen LogP contribution < -0.4 is 4.74 Å². The highest BCUT2D eigenvalue weighted by Crippen LogP contribution is 2.43. The fourth-order valence-electron chi connectivity index (χ4n) is 1.84. The van der Waals surface area contributed by atoms with E-state index in [2.05, 4.69) is 15.9 Å². The zero-order chi connectivity index (χ0) is 11.0. The molecule has 1 heterocycles. The van der Waals surface area contributed by atoms with Crippen LogP contribution >= 0.6 is 15.9 Å². The maximum absolute atomic E-state index is 13.1. The van der Waals surface area contributed by atoms with E-state index in [1.165, 1.54) is 12.1 Å². The monoisotopic (exact) mass is 274 g/mol. The summed E-state index contributed by atoms with van der Waals surface area (Å²) in [6.07, 6.45) is 0.731. The minimum Gasteiger partial charge on any atom is -0.486 e. The van der Waals surface area contributed by atoms with Gasteiger partial charge >= 0.3 is 0 Å². The third-order valence-corrected chi connectivity index (χ3v) is 3.14. The standard InChI is InChI=1S/C11H12BrFO2/c1-2-3-9-10(14)7-4-6(13)5-8(12)11(7)15-9/h4-5,9-10,14H,2-3H2,1H3. The number of hydrogen-bond donors (Lipinski definition) is 1. The summed E-state index contributed by atoms with van der Waals surface area (Å²) in [5.74, 6) is 0.211. The number of halogens is 2. The van der Waals surface area contributed by atoms with E-state index >= 15 is 0 Å². The summed E-state index contributed by atoms with van der Waals surface area (Å²) in [6, 6.07) is 2.68. The maximum Gasteiger partial charge on any atom is 0.140 e. The summed E-state index contributed by atoms with van der Waals surface area (Å²) >= 11 is 3.23. The van der Waals surface area contributed by atoms with Gasteiger partial charge in [0, 0.05) is 5.56 Å². The maximum atomic E-state index is 13.1. The predicted octanol–water partition coefficient (Wildman–Crippen LogP) is 3.18. The summed E-state index contributed by atoms with van der Waals surface area (Å²) in [5, 5.41) is 9.91. The molecule has 2 atom stereocenters. The summed E-state index contributed by atoms with van der Waals surface area (Å²) in [5.41, 5.74) is 0.542. The number of ether oxygens (including phenoxy) is 1. The molecule has 0 saturated carbocycles. The summed E-state index contributed by atoms with van der Waals surface area (Å²) in [4.78, 5) is 0. The van der Waals surface area contributed by atoms with Crippen LogP contribution in [0.25, 0.3) is 0 Å². The second-order valence-corrected chi connectivity index (χ2v) is 4.55. The highest BCUT2D eigenvalue weighted by molar-refractivity contribution is 9.10. The molecule has 82 valence electrons. The number of fused-ring (bicyclic) bond motifs is 1. The van der Waals surface area contributed by atoms with Crippen molar-refractivity contribution in [2.45, 2.75) is 32.0 Å². The smallest absolute Gasteiger partial charge is 0.140 e. The molecule has 0 spiro atoms. The molecule has 2 rings (SSSR count). The van der Waals surface area contributed by atoms with Gasteiger partial charge in [-0.1, -0.05) is 13.3 Å². The lowest BCUT2D eigenvalue weighted by Crippen LogP contribution is -2.17. The van der Waals surface area contributed by atoms with Crippen molar-refractivity contribution in [2.75, 3.05) is 0 Å². The lowest BCUT2D eigenvalue weighted by molar-refractivity contribution is 0.0614. The van der Waals surface area contributed by atoms with Crippen molar-refractivity contribution in [1.29, 1.82) is 0 Å². The van der Waals surface area contributed by atoms with Gasteiger partial charge in [0.2, 0.25) is 0 Å². The molecule has 0 amide bonds. The van der Waals surface area contributed by atoms with Crippen LogP contribution in [0.3, 0.4) is 0 Å². The molecule has 0 fully saturated rings. The van der Waals surface area contributed by atoms with Crippen LogP contribution in [0.2, 0.25) is 0 Å². The van der Waals surface area contributed by atoms with Crippen molar-refractivity contribution in [2.24, 2.45) is 0 Å². The molecule has 0 aromatic heterocycles. The molecular weight excluding hydrogens is 263 g/mol. The van der Waals surface area contributed by atoms with Crippen LogP contribution in [0.5, 0.6) is 5.75 Å². The average molecular weight is 275 g/mol. The van der Waals surface area contributed by atoms with Crippen LogP contribution in [0.15, 0.2) is 16.6 Å². The summed E-state index contributed by atoms with van der Waals surface area (Å²) < 4.78 is 19.3. The van der Waals surface area contributed by atoms with Gasteiger partial charge in [0.1, 0.15) is 23.8 Å². The van der Waals surface area contributed by atoms with E-state index in [-0.39, 0.29) is 11.9 Å². The Labute approximate surface area is 96.2 Å².